The van der Waals surface area contributed by atoms with Crippen molar-refractivity contribution in [2.75, 3.05) is 11.9 Å². The minimum atomic E-state index is -0.216. The topological polar surface area (TPSA) is 58.2 Å². The molecule has 0 unspecified atom stereocenters. The summed E-state index contributed by atoms with van der Waals surface area (Å²) < 4.78 is 0. The van der Waals surface area contributed by atoms with E-state index in [1.165, 1.54) is 5.56 Å². The summed E-state index contributed by atoms with van der Waals surface area (Å²) in [4.78, 5) is 24.8. The maximum absolute atomic E-state index is 12.5. The van der Waals surface area contributed by atoms with E-state index in [2.05, 4.69) is 17.6 Å². The lowest BCUT2D eigenvalue weighted by Gasteiger charge is -2.15. The number of thioether (sulfide) groups is 1. The SMILES string of the molecule is CCCCNC(=O)c1ccccc1NC(=O)[C@H](C)SCc1ccccc1. The van der Waals surface area contributed by atoms with Crippen LogP contribution in [0.3, 0.4) is 0 Å². The minimum Gasteiger partial charge on any atom is -0.352 e. The van der Waals surface area contributed by atoms with Gasteiger partial charge in [0.1, 0.15) is 0 Å². The van der Waals surface area contributed by atoms with E-state index in [9.17, 15) is 9.59 Å². The zero-order chi connectivity index (χ0) is 18.8. The van der Waals surface area contributed by atoms with Gasteiger partial charge in [-0.3, -0.25) is 9.59 Å². The number of rotatable bonds is 9. The number of anilines is 1. The highest BCUT2D eigenvalue weighted by Crippen LogP contribution is 2.21. The van der Waals surface area contributed by atoms with E-state index in [0.717, 1.165) is 18.6 Å². The third-order valence-electron chi connectivity index (χ3n) is 3.96. The lowest BCUT2D eigenvalue weighted by Crippen LogP contribution is -2.28. The number of para-hydroxylation sites is 1. The Balaban J connectivity index is 1.94. The van der Waals surface area contributed by atoms with Crippen molar-refractivity contribution in [1.82, 2.24) is 5.32 Å². The van der Waals surface area contributed by atoms with Crippen LogP contribution in [0.15, 0.2) is 54.6 Å². The Bertz CT molecular complexity index is 719. The van der Waals surface area contributed by atoms with Gasteiger partial charge in [-0.25, -0.2) is 0 Å². The van der Waals surface area contributed by atoms with Crippen LogP contribution in [0.4, 0.5) is 5.69 Å². The van der Waals surface area contributed by atoms with Crippen LogP contribution in [0.5, 0.6) is 0 Å². The molecule has 0 aliphatic carbocycles. The predicted octanol–water partition coefficient (Wildman–Crippen LogP) is 4.48. The number of carbonyl (C=O) groups is 2. The van der Waals surface area contributed by atoms with Gasteiger partial charge >= 0.3 is 0 Å². The quantitative estimate of drug-likeness (QED) is 0.640. The highest BCUT2D eigenvalue weighted by molar-refractivity contribution is 7.99. The lowest BCUT2D eigenvalue weighted by atomic mass is 10.1. The molecule has 2 aromatic carbocycles. The van der Waals surface area contributed by atoms with Crippen molar-refractivity contribution >= 4 is 29.3 Å². The molecule has 26 heavy (non-hydrogen) atoms. The second kappa shape index (κ2) is 10.7. The van der Waals surface area contributed by atoms with Crippen molar-refractivity contribution in [2.45, 2.75) is 37.7 Å². The first-order valence-electron chi connectivity index (χ1n) is 8.95. The lowest BCUT2D eigenvalue weighted by molar-refractivity contribution is -0.115. The summed E-state index contributed by atoms with van der Waals surface area (Å²) in [5, 5.41) is 5.57. The minimum absolute atomic E-state index is 0.0975. The molecule has 1 atom stereocenters. The number of benzene rings is 2. The van der Waals surface area contributed by atoms with Crippen molar-refractivity contribution < 1.29 is 9.59 Å². The number of amides is 2. The van der Waals surface area contributed by atoms with E-state index in [1.807, 2.05) is 43.3 Å². The normalized spacial score (nSPS) is 11.6. The second-order valence-corrected chi connectivity index (χ2v) is 7.41. The molecule has 0 radical (unpaired) electrons. The van der Waals surface area contributed by atoms with E-state index in [-0.39, 0.29) is 17.1 Å². The monoisotopic (exact) mass is 370 g/mol. The molecule has 2 rings (SSSR count). The largest absolute Gasteiger partial charge is 0.352 e. The van der Waals surface area contributed by atoms with Gasteiger partial charge in [-0.05, 0) is 31.0 Å². The van der Waals surface area contributed by atoms with Gasteiger partial charge in [0.2, 0.25) is 5.91 Å². The molecule has 4 nitrogen and oxygen atoms in total. The second-order valence-electron chi connectivity index (χ2n) is 6.08. The molecule has 0 aliphatic heterocycles. The first-order chi connectivity index (χ1) is 12.6. The van der Waals surface area contributed by atoms with E-state index in [1.54, 1.807) is 30.0 Å². The molecular formula is C21H26N2O2S. The fraction of sp³-hybridized carbons (Fsp3) is 0.333. The Morgan fingerprint density at radius 1 is 1.04 bits per heavy atom. The fourth-order valence-electron chi connectivity index (χ4n) is 2.37. The summed E-state index contributed by atoms with van der Waals surface area (Å²) in [5.41, 5.74) is 2.24. The van der Waals surface area contributed by atoms with E-state index >= 15 is 0 Å². The zero-order valence-electron chi connectivity index (χ0n) is 15.3. The average Bonchev–Trinajstić information content (AvgIpc) is 2.67. The Labute approximate surface area is 159 Å². The first kappa shape index (κ1) is 20.0. The van der Waals surface area contributed by atoms with Crippen LogP contribution in [0.25, 0.3) is 0 Å². The van der Waals surface area contributed by atoms with E-state index in [0.29, 0.717) is 17.8 Å². The van der Waals surface area contributed by atoms with Crippen LogP contribution in [-0.4, -0.2) is 23.6 Å². The maximum atomic E-state index is 12.5. The number of nitrogens with one attached hydrogen (secondary N) is 2. The van der Waals surface area contributed by atoms with Gasteiger partial charge in [-0.2, -0.15) is 0 Å². The van der Waals surface area contributed by atoms with Crippen LogP contribution in [-0.2, 0) is 10.5 Å². The predicted molar refractivity (Wildman–Crippen MR) is 110 cm³/mol. The Morgan fingerprint density at radius 3 is 2.46 bits per heavy atom. The summed E-state index contributed by atoms with van der Waals surface area (Å²) >= 11 is 1.58. The number of unbranched alkanes of at least 4 members (excludes halogenated alkanes) is 1. The Morgan fingerprint density at radius 2 is 1.73 bits per heavy atom. The van der Waals surface area contributed by atoms with E-state index in [4.69, 9.17) is 0 Å². The van der Waals surface area contributed by atoms with E-state index < -0.39 is 0 Å². The summed E-state index contributed by atoms with van der Waals surface area (Å²) in [6.07, 6.45) is 1.96. The molecule has 0 fully saturated rings. The third-order valence-corrected chi connectivity index (χ3v) is 5.17. The van der Waals surface area contributed by atoms with Crippen LogP contribution in [0.2, 0.25) is 0 Å². The fourth-order valence-corrected chi connectivity index (χ4v) is 3.21. The molecule has 0 aromatic heterocycles. The third kappa shape index (κ3) is 6.23. The number of hydrogen-bond donors (Lipinski definition) is 2. The molecule has 138 valence electrons. The van der Waals surface area contributed by atoms with Crippen LogP contribution in [0.1, 0.15) is 42.6 Å². The highest BCUT2D eigenvalue weighted by Gasteiger charge is 2.17. The smallest absolute Gasteiger partial charge is 0.253 e. The summed E-state index contributed by atoms with van der Waals surface area (Å²) in [5.74, 6) is 0.521. The Kier molecular flexibility index (Phi) is 8.22. The molecule has 0 bridgehead atoms. The summed E-state index contributed by atoms with van der Waals surface area (Å²) in [6.45, 7) is 4.60. The van der Waals surface area contributed by atoms with Crippen LogP contribution in [0, 0.1) is 0 Å². The van der Waals surface area contributed by atoms with Crippen LogP contribution < -0.4 is 10.6 Å². The molecule has 0 aliphatic rings. The first-order valence-corrected chi connectivity index (χ1v) is 10.00. The Hall–Kier alpha value is -2.27. The molecule has 0 spiro atoms. The van der Waals surface area contributed by atoms with Gasteiger partial charge in [0.25, 0.3) is 5.91 Å². The summed E-state index contributed by atoms with van der Waals surface area (Å²) in [6, 6.07) is 17.2. The molecule has 0 heterocycles. The molecular weight excluding hydrogens is 344 g/mol. The molecule has 2 N–H and O–H groups in total. The average molecular weight is 371 g/mol. The van der Waals surface area contributed by atoms with Gasteiger partial charge in [-0.15, -0.1) is 11.8 Å². The zero-order valence-corrected chi connectivity index (χ0v) is 16.1. The van der Waals surface area contributed by atoms with Crippen molar-refractivity contribution in [1.29, 1.82) is 0 Å². The molecule has 0 saturated heterocycles. The van der Waals surface area contributed by atoms with Gasteiger partial charge in [-0.1, -0.05) is 55.8 Å². The summed E-state index contributed by atoms with van der Waals surface area (Å²) in [7, 11) is 0. The van der Waals surface area contributed by atoms with Gasteiger partial charge in [0.05, 0.1) is 16.5 Å². The molecule has 2 amide bonds. The number of carbonyl (C=O) groups excluding carboxylic acids is 2. The van der Waals surface area contributed by atoms with Gasteiger partial charge in [0, 0.05) is 12.3 Å². The van der Waals surface area contributed by atoms with Gasteiger partial charge in [0.15, 0.2) is 0 Å². The molecule has 5 heteroatoms. The highest BCUT2D eigenvalue weighted by atomic mass is 32.2. The number of hydrogen-bond acceptors (Lipinski definition) is 3. The standard InChI is InChI=1S/C21H26N2O2S/c1-3-4-14-22-21(25)18-12-8-9-13-19(18)23-20(24)16(2)26-15-17-10-6-5-7-11-17/h5-13,16H,3-4,14-15H2,1-2H3,(H,22,25)(H,23,24)/t16-/m0/s1. The van der Waals surface area contributed by atoms with Crippen molar-refractivity contribution in [3.8, 4) is 0 Å². The van der Waals surface area contributed by atoms with Crippen LogP contribution >= 0.6 is 11.8 Å². The van der Waals surface area contributed by atoms with Crippen molar-refractivity contribution in [3.05, 3.63) is 65.7 Å². The van der Waals surface area contributed by atoms with Gasteiger partial charge < -0.3 is 10.6 Å². The van der Waals surface area contributed by atoms with Crippen molar-refractivity contribution in [3.63, 3.8) is 0 Å². The maximum Gasteiger partial charge on any atom is 0.253 e. The molecule has 2 aromatic rings. The van der Waals surface area contributed by atoms with Crippen molar-refractivity contribution in [2.24, 2.45) is 0 Å². The molecule has 0 saturated carbocycles.